The minimum absolute atomic E-state index is 0.172. The maximum Gasteiger partial charge on any atom is 0.250 e. The lowest BCUT2D eigenvalue weighted by Gasteiger charge is -2.08. The number of hydrogen-bond acceptors (Lipinski definition) is 4. The molecular formula is C23H23N3O4. The number of allylic oxidation sites excluding steroid dienone is 1. The molecule has 0 saturated carbocycles. The fourth-order valence-corrected chi connectivity index (χ4v) is 3.23. The van der Waals surface area contributed by atoms with Crippen molar-refractivity contribution in [1.29, 1.82) is 0 Å². The van der Waals surface area contributed by atoms with Crippen molar-refractivity contribution in [2.24, 2.45) is 5.73 Å². The molecule has 0 radical (unpaired) electrons. The van der Waals surface area contributed by atoms with Gasteiger partial charge in [0.25, 0.3) is 5.91 Å². The molecule has 0 bridgehead atoms. The van der Waals surface area contributed by atoms with Gasteiger partial charge in [0.2, 0.25) is 5.91 Å². The normalized spacial score (nSPS) is 11.1. The zero-order valence-electron chi connectivity index (χ0n) is 16.6. The predicted molar refractivity (Wildman–Crippen MR) is 115 cm³/mol. The first-order chi connectivity index (χ1) is 14.5. The van der Waals surface area contributed by atoms with Gasteiger partial charge in [-0.25, -0.2) is 0 Å². The van der Waals surface area contributed by atoms with Gasteiger partial charge in [-0.15, -0.1) is 0 Å². The zero-order chi connectivity index (χ0) is 21.5. The zero-order valence-corrected chi connectivity index (χ0v) is 16.6. The first-order valence-electron chi connectivity index (χ1n) is 9.46. The molecule has 0 atom stereocenters. The maximum atomic E-state index is 12.2. The molecule has 1 aromatic heterocycles. The number of rotatable bonds is 9. The SMILES string of the molecule is COCCNC(=O)/C=C\C(=O)Cc1cccc(-c2ccc(C(N)=O)c3[nH]ccc23)c1. The summed E-state index contributed by atoms with van der Waals surface area (Å²) in [6.07, 6.45) is 4.44. The van der Waals surface area contributed by atoms with E-state index in [0.29, 0.717) is 24.2 Å². The quantitative estimate of drug-likeness (QED) is 0.374. The molecule has 7 nitrogen and oxygen atoms in total. The van der Waals surface area contributed by atoms with E-state index in [9.17, 15) is 14.4 Å². The van der Waals surface area contributed by atoms with Crippen molar-refractivity contribution in [2.45, 2.75) is 6.42 Å². The van der Waals surface area contributed by atoms with E-state index >= 15 is 0 Å². The molecule has 0 aliphatic carbocycles. The number of ketones is 1. The Balaban J connectivity index is 1.76. The molecule has 7 heteroatoms. The number of carbonyl (C=O) groups excluding carboxylic acids is 3. The summed E-state index contributed by atoms with van der Waals surface area (Å²) in [5, 5.41) is 3.50. The molecule has 0 aliphatic rings. The molecule has 0 unspecified atom stereocenters. The summed E-state index contributed by atoms with van der Waals surface area (Å²) in [7, 11) is 1.55. The van der Waals surface area contributed by atoms with Crippen molar-refractivity contribution in [1.82, 2.24) is 10.3 Å². The van der Waals surface area contributed by atoms with Crippen LogP contribution in [-0.2, 0) is 20.7 Å². The van der Waals surface area contributed by atoms with E-state index < -0.39 is 5.91 Å². The molecule has 0 aliphatic heterocycles. The number of methoxy groups -OCH3 is 1. The molecule has 0 saturated heterocycles. The lowest BCUT2D eigenvalue weighted by molar-refractivity contribution is -0.117. The number of fused-ring (bicyclic) bond motifs is 1. The minimum atomic E-state index is -0.494. The molecule has 2 aromatic carbocycles. The molecule has 3 aromatic rings. The number of hydrogen-bond donors (Lipinski definition) is 3. The molecule has 4 N–H and O–H groups in total. The van der Waals surface area contributed by atoms with E-state index in [1.165, 1.54) is 12.2 Å². The van der Waals surface area contributed by atoms with Crippen LogP contribution in [0.5, 0.6) is 0 Å². The van der Waals surface area contributed by atoms with Gasteiger partial charge in [0.05, 0.1) is 17.7 Å². The Labute approximate surface area is 173 Å². The average molecular weight is 405 g/mol. The summed E-state index contributed by atoms with van der Waals surface area (Å²) in [5.41, 5.74) is 9.24. The Morgan fingerprint density at radius 2 is 1.97 bits per heavy atom. The van der Waals surface area contributed by atoms with Gasteiger partial charge in [-0.2, -0.15) is 0 Å². The number of nitrogens with two attached hydrogens (primary N) is 1. The Bertz CT molecular complexity index is 1110. The Kier molecular flexibility index (Phi) is 6.77. The number of benzene rings is 2. The largest absolute Gasteiger partial charge is 0.383 e. The van der Waals surface area contributed by atoms with Crippen LogP contribution in [0.1, 0.15) is 15.9 Å². The summed E-state index contributed by atoms with van der Waals surface area (Å²) in [5.74, 6) is -1.00. The second kappa shape index (κ2) is 9.67. The molecule has 1 heterocycles. The van der Waals surface area contributed by atoms with Crippen LogP contribution in [0.25, 0.3) is 22.0 Å². The molecule has 30 heavy (non-hydrogen) atoms. The smallest absolute Gasteiger partial charge is 0.250 e. The first-order valence-corrected chi connectivity index (χ1v) is 9.46. The van der Waals surface area contributed by atoms with Crippen LogP contribution in [0.2, 0.25) is 0 Å². The fourth-order valence-electron chi connectivity index (χ4n) is 3.23. The number of amides is 2. The lowest BCUT2D eigenvalue weighted by Crippen LogP contribution is -2.25. The number of nitrogens with one attached hydrogen (secondary N) is 2. The van der Waals surface area contributed by atoms with Gasteiger partial charge >= 0.3 is 0 Å². The van der Waals surface area contributed by atoms with Crippen LogP contribution in [-0.4, -0.2) is 42.8 Å². The topological polar surface area (TPSA) is 114 Å². The highest BCUT2D eigenvalue weighted by atomic mass is 16.5. The summed E-state index contributed by atoms with van der Waals surface area (Å²) < 4.78 is 4.85. The van der Waals surface area contributed by atoms with E-state index in [-0.39, 0.29) is 18.1 Å². The van der Waals surface area contributed by atoms with Crippen LogP contribution in [0.4, 0.5) is 0 Å². The number of aromatic nitrogens is 1. The van der Waals surface area contributed by atoms with Crippen LogP contribution < -0.4 is 11.1 Å². The third-order valence-corrected chi connectivity index (χ3v) is 4.63. The van der Waals surface area contributed by atoms with E-state index in [4.69, 9.17) is 10.5 Å². The van der Waals surface area contributed by atoms with Gasteiger partial charge in [0.1, 0.15) is 0 Å². The lowest BCUT2D eigenvalue weighted by atomic mass is 9.96. The highest BCUT2D eigenvalue weighted by Crippen LogP contribution is 2.30. The minimum Gasteiger partial charge on any atom is -0.383 e. The molecule has 0 fully saturated rings. The van der Waals surface area contributed by atoms with Crippen molar-refractivity contribution in [3.8, 4) is 11.1 Å². The van der Waals surface area contributed by atoms with E-state index in [2.05, 4.69) is 10.3 Å². The van der Waals surface area contributed by atoms with Gasteiger partial charge in [-0.05, 0) is 34.9 Å². The first kappa shape index (κ1) is 21.0. The number of carbonyl (C=O) groups is 3. The molecule has 3 rings (SSSR count). The predicted octanol–water partition coefficient (Wildman–Crippen LogP) is 2.36. The maximum absolute atomic E-state index is 12.2. The molecular weight excluding hydrogens is 382 g/mol. The third-order valence-electron chi connectivity index (χ3n) is 4.63. The van der Waals surface area contributed by atoms with Crippen LogP contribution >= 0.6 is 0 Å². The number of aromatic amines is 1. The van der Waals surface area contributed by atoms with Crippen molar-refractivity contribution < 1.29 is 19.1 Å². The third kappa shape index (κ3) is 5.01. The van der Waals surface area contributed by atoms with Gasteiger partial charge in [0.15, 0.2) is 5.78 Å². The van der Waals surface area contributed by atoms with Crippen LogP contribution in [0, 0.1) is 0 Å². The second-order valence-corrected chi connectivity index (χ2v) is 6.75. The summed E-state index contributed by atoms with van der Waals surface area (Å²) in [4.78, 5) is 38.6. The van der Waals surface area contributed by atoms with E-state index in [1.807, 2.05) is 36.4 Å². The molecule has 2 amide bonds. The highest BCUT2D eigenvalue weighted by molar-refractivity contribution is 6.09. The summed E-state index contributed by atoms with van der Waals surface area (Å²) in [6.45, 7) is 0.799. The van der Waals surface area contributed by atoms with Crippen LogP contribution in [0.3, 0.4) is 0 Å². The summed E-state index contributed by atoms with van der Waals surface area (Å²) >= 11 is 0. The van der Waals surface area contributed by atoms with Crippen molar-refractivity contribution in [2.75, 3.05) is 20.3 Å². The van der Waals surface area contributed by atoms with E-state index in [1.54, 1.807) is 19.4 Å². The van der Waals surface area contributed by atoms with Crippen molar-refractivity contribution >= 4 is 28.5 Å². The number of ether oxygens (including phenoxy) is 1. The van der Waals surface area contributed by atoms with Gasteiger partial charge in [0, 0.05) is 37.7 Å². The monoisotopic (exact) mass is 405 g/mol. The Morgan fingerprint density at radius 3 is 2.73 bits per heavy atom. The fraction of sp³-hybridized carbons (Fsp3) is 0.174. The van der Waals surface area contributed by atoms with Gasteiger partial charge in [-0.1, -0.05) is 30.3 Å². The summed E-state index contributed by atoms with van der Waals surface area (Å²) in [6, 6.07) is 13.0. The van der Waals surface area contributed by atoms with Crippen molar-refractivity contribution in [3.05, 3.63) is 71.9 Å². The van der Waals surface area contributed by atoms with E-state index in [0.717, 1.165) is 22.1 Å². The number of H-pyrrole nitrogens is 1. The second-order valence-electron chi connectivity index (χ2n) is 6.75. The van der Waals surface area contributed by atoms with Crippen LogP contribution in [0.15, 0.2) is 60.8 Å². The Hall–Kier alpha value is -3.71. The Morgan fingerprint density at radius 1 is 1.13 bits per heavy atom. The number of primary amides is 1. The molecule has 154 valence electrons. The standard InChI is InChI=1S/C23H23N3O4/c1-30-12-11-25-21(28)8-5-17(27)14-15-3-2-4-16(13-15)18-6-7-20(23(24)29)22-19(18)9-10-26-22/h2-10,13,26H,11-12,14H2,1H3,(H2,24,29)(H,25,28)/b8-5-. The van der Waals surface area contributed by atoms with Gasteiger partial charge < -0.3 is 20.8 Å². The van der Waals surface area contributed by atoms with Gasteiger partial charge in [-0.3, -0.25) is 14.4 Å². The average Bonchev–Trinajstić information content (AvgIpc) is 3.21. The highest BCUT2D eigenvalue weighted by Gasteiger charge is 2.12. The molecule has 0 spiro atoms. The van der Waals surface area contributed by atoms with Crippen molar-refractivity contribution in [3.63, 3.8) is 0 Å².